The highest BCUT2D eigenvalue weighted by Gasteiger charge is 2.28. The zero-order valence-electron chi connectivity index (χ0n) is 16.2. The third-order valence-corrected chi connectivity index (χ3v) is 3.72. The van der Waals surface area contributed by atoms with Crippen LogP contribution in [-0.4, -0.2) is 86.7 Å². The molecule has 0 bridgehead atoms. The van der Waals surface area contributed by atoms with Gasteiger partial charge in [-0.15, -0.1) is 0 Å². The van der Waals surface area contributed by atoms with Crippen molar-refractivity contribution in [1.82, 2.24) is 16.0 Å². The summed E-state index contributed by atoms with van der Waals surface area (Å²) in [6, 6.07) is -4.56. The number of carbonyl (C=O) groups is 7. The van der Waals surface area contributed by atoms with Gasteiger partial charge in [0.2, 0.25) is 17.7 Å². The lowest BCUT2D eigenvalue weighted by atomic mass is 10.1. The minimum absolute atomic E-state index is 0.195. The summed E-state index contributed by atoms with van der Waals surface area (Å²) in [7, 11) is 0. The first-order valence-corrected chi connectivity index (χ1v) is 8.84. The van der Waals surface area contributed by atoms with Crippen LogP contribution in [0.1, 0.15) is 32.1 Å². The second kappa shape index (κ2) is 13.5. The largest absolute Gasteiger partial charge is 0.481 e. The molecule has 0 aromatic carbocycles. The lowest BCUT2D eigenvalue weighted by Crippen LogP contribution is -2.54. The molecule has 0 fully saturated rings. The van der Waals surface area contributed by atoms with E-state index in [4.69, 9.17) is 26.2 Å². The average molecular weight is 448 g/mol. The molecule has 3 atom stereocenters. The zero-order chi connectivity index (χ0) is 24.1. The van der Waals surface area contributed by atoms with E-state index in [1.165, 1.54) is 0 Å². The fraction of sp³-hybridized carbons (Fsp3) is 0.562. The molecule has 0 aromatic rings. The number of carbonyl (C=O) groups excluding carboxylic acids is 3. The van der Waals surface area contributed by atoms with Gasteiger partial charge in [-0.3, -0.25) is 28.8 Å². The maximum absolute atomic E-state index is 12.2. The first kappa shape index (κ1) is 27.2. The van der Waals surface area contributed by atoms with E-state index in [0.717, 1.165) is 0 Å². The third-order valence-electron chi connectivity index (χ3n) is 3.72. The molecule has 0 saturated heterocycles. The molecule has 3 amide bonds. The van der Waals surface area contributed by atoms with Gasteiger partial charge in [-0.25, -0.2) is 4.79 Å². The Morgan fingerprint density at radius 2 is 1.26 bits per heavy atom. The highest BCUT2D eigenvalue weighted by atomic mass is 16.4. The van der Waals surface area contributed by atoms with Crippen molar-refractivity contribution >= 4 is 41.6 Å². The molecule has 15 heteroatoms. The van der Waals surface area contributed by atoms with Crippen molar-refractivity contribution in [2.75, 3.05) is 6.54 Å². The number of carboxylic acid groups (broad SMARTS) is 4. The van der Waals surface area contributed by atoms with E-state index >= 15 is 0 Å². The van der Waals surface area contributed by atoms with Crippen molar-refractivity contribution in [1.29, 1.82) is 0 Å². The summed E-state index contributed by atoms with van der Waals surface area (Å²) in [6.45, 7) is -0.718. The quantitative estimate of drug-likeness (QED) is 0.122. The Labute approximate surface area is 175 Å². The predicted molar refractivity (Wildman–Crippen MR) is 98.5 cm³/mol. The van der Waals surface area contributed by atoms with Crippen molar-refractivity contribution in [3.8, 4) is 0 Å². The number of hydrogen-bond acceptors (Lipinski definition) is 8. The Morgan fingerprint density at radius 3 is 1.74 bits per heavy atom. The lowest BCUT2D eigenvalue weighted by molar-refractivity contribution is -0.144. The lowest BCUT2D eigenvalue weighted by Gasteiger charge is -2.20. The van der Waals surface area contributed by atoms with Crippen molar-refractivity contribution in [3.05, 3.63) is 0 Å². The number of nitrogens with one attached hydrogen (secondary N) is 3. The van der Waals surface area contributed by atoms with Gasteiger partial charge in [0.1, 0.15) is 12.1 Å². The van der Waals surface area contributed by atoms with Crippen LogP contribution in [0.25, 0.3) is 0 Å². The monoisotopic (exact) mass is 448 g/mol. The molecule has 3 unspecified atom stereocenters. The van der Waals surface area contributed by atoms with Gasteiger partial charge in [0.15, 0.2) is 0 Å². The third kappa shape index (κ3) is 12.4. The molecule has 0 heterocycles. The average Bonchev–Trinajstić information content (AvgIpc) is 2.65. The molecule has 31 heavy (non-hydrogen) atoms. The number of amides is 3. The van der Waals surface area contributed by atoms with Gasteiger partial charge in [-0.1, -0.05) is 0 Å². The maximum atomic E-state index is 12.2. The highest BCUT2D eigenvalue weighted by Crippen LogP contribution is 2.01. The fourth-order valence-electron chi connectivity index (χ4n) is 2.14. The van der Waals surface area contributed by atoms with Crippen LogP contribution in [0.4, 0.5) is 0 Å². The Balaban J connectivity index is 4.90. The van der Waals surface area contributed by atoms with Crippen LogP contribution in [0.15, 0.2) is 0 Å². The van der Waals surface area contributed by atoms with E-state index in [9.17, 15) is 33.6 Å². The SMILES string of the molecule is NC(CCC(=O)O)C(=O)NCC(=O)NC(CC(=O)O)C(=O)NC(CCC(=O)O)C(=O)O. The molecule has 0 aliphatic rings. The van der Waals surface area contributed by atoms with Crippen LogP contribution < -0.4 is 21.7 Å². The maximum Gasteiger partial charge on any atom is 0.326 e. The van der Waals surface area contributed by atoms with E-state index in [-0.39, 0.29) is 12.8 Å². The smallest absolute Gasteiger partial charge is 0.326 e. The second-order valence-corrected chi connectivity index (χ2v) is 6.31. The Bertz CT molecular complexity index is 724. The Kier molecular flexibility index (Phi) is 11.8. The first-order chi connectivity index (χ1) is 14.3. The van der Waals surface area contributed by atoms with E-state index < -0.39 is 85.5 Å². The number of hydrogen-bond donors (Lipinski definition) is 8. The van der Waals surface area contributed by atoms with Crippen LogP contribution in [0, 0.1) is 0 Å². The first-order valence-electron chi connectivity index (χ1n) is 8.84. The van der Waals surface area contributed by atoms with E-state index in [1.54, 1.807) is 0 Å². The van der Waals surface area contributed by atoms with Crippen molar-refractivity contribution < 1.29 is 54.0 Å². The highest BCUT2D eigenvalue weighted by molar-refractivity contribution is 5.94. The topological polar surface area (TPSA) is 263 Å². The molecular weight excluding hydrogens is 424 g/mol. The summed E-state index contributed by atoms with van der Waals surface area (Å²) in [5.41, 5.74) is 5.45. The number of carboxylic acids is 4. The summed E-state index contributed by atoms with van der Waals surface area (Å²) in [5.74, 6) is -8.58. The van der Waals surface area contributed by atoms with Gasteiger partial charge < -0.3 is 42.1 Å². The van der Waals surface area contributed by atoms with Crippen molar-refractivity contribution in [2.24, 2.45) is 5.73 Å². The predicted octanol–water partition coefficient (Wildman–Crippen LogP) is -3.31. The normalized spacial score (nSPS) is 13.2. The van der Waals surface area contributed by atoms with Gasteiger partial charge in [-0.05, 0) is 12.8 Å². The van der Waals surface area contributed by atoms with Gasteiger partial charge >= 0.3 is 23.9 Å². The fourth-order valence-corrected chi connectivity index (χ4v) is 2.14. The molecule has 15 nitrogen and oxygen atoms in total. The van der Waals surface area contributed by atoms with Gasteiger partial charge in [0.05, 0.1) is 19.0 Å². The number of aliphatic carboxylic acids is 4. The second-order valence-electron chi connectivity index (χ2n) is 6.31. The molecular formula is C16H24N4O11. The zero-order valence-corrected chi connectivity index (χ0v) is 16.2. The minimum Gasteiger partial charge on any atom is -0.481 e. The Hall–Kier alpha value is -3.75. The van der Waals surface area contributed by atoms with Gasteiger partial charge in [0, 0.05) is 12.8 Å². The van der Waals surface area contributed by atoms with E-state index in [0.29, 0.717) is 0 Å². The number of rotatable bonds is 15. The molecule has 174 valence electrons. The summed E-state index contributed by atoms with van der Waals surface area (Å²) < 4.78 is 0. The molecule has 0 aliphatic carbocycles. The summed E-state index contributed by atoms with van der Waals surface area (Å²) in [6.07, 6.45) is -2.56. The molecule has 0 rings (SSSR count). The van der Waals surface area contributed by atoms with E-state index in [2.05, 4.69) is 5.32 Å². The Morgan fingerprint density at radius 1 is 0.710 bits per heavy atom. The van der Waals surface area contributed by atoms with Gasteiger partial charge in [-0.2, -0.15) is 0 Å². The van der Waals surface area contributed by atoms with Crippen molar-refractivity contribution in [2.45, 2.75) is 50.2 Å². The molecule has 0 radical (unpaired) electrons. The van der Waals surface area contributed by atoms with Crippen LogP contribution in [-0.2, 0) is 33.6 Å². The van der Waals surface area contributed by atoms with E-state index in [1.807, 2.05) is 10.6 Å². The molecule has 0 spiro atoms. The molecule has 0 aromatic heterocycles. The van der Waals surface area contributed by atoms with Crippen LogP contribution in [0.3, 0.4) is 0 Å². The van der Waals surface area contributed by atoms with Gasteiger partial charge in [0.25, 0.3) is 0 Å². The standard InChI is InChI=1S/C16H24N4O11/c17-7(1-3-11(22)23)14(28)18-6-10(21)19-9(5-13(26)27)15(29)20-8(16(30)31)2-4-12(24)25/h7-9H,1-6,17H2,(H,18,28)(H,19,21)(H,20,29)(H,22,23)(H,24,25)(H,26,27)(H,30,31). The van der Waals surface area contributed by atoms with Crippen molar-refractivity contribution in [3.63, 3.8) is 0 Å². The minimum atomic E-state index is -1.71. The van der Waals surface area contributed by atoms with Crippen LogP contribution in [0.2, 0.25) is 0 Å². The summed E-state index contributed by atoms with van der Waals surface area (Å²) >= 11 is 0. The summed E-state index contributed by atoms with van der Waals surface area (Å²) in [5, 5.41) is 41.2. The number of nitrogens with two attached hydrogens (primary N) is 1. The molecule has 0 saturated carbocycles. The molecule has 9 N–H and O–H groups in total. The molecule has 0 aliphatic heterocycles. The van der Waals surface area contributed by atoms with Crippen LogP contribution in [0.5, 0.6) is 0 Å². The summed E-state index contributed by atoms with van der Waals surface area (Å²) in [4.78, 5) is 79.0. The van der Waals surface area contributed by atoms with Crippen LogP contribution >= 0.6 is 0 Å².